The van der Waals surface area contributed by atoms with Crippen LogP contribution >= 0.6 is 11.8 Å². The summed E-state index contributed by atoms with van der Waals surface area (Å²) in [6, 6.07) is 8.56. The Bertz CT molecular complexity index is 864. The predicted octanol–water partition coefficient (Wildman–Crippen LogP) is 3.76. The Kier molecular flexibility index (Phi) is 9.21. The second kappa shape index (κ2) is 11.4. The molecule has 2 aliphatic rings. The van der Waals surface area contributed by atoms with E-state index in [1.165, 1.54) is 5.56 Å². The van der Waals surface area contributed by atoms with E-state index in [1.54, 1.807) is 32.0 Å². The number of methoxy groups -OCH3 is 1. The summed E-state index contributed by atoms with van der Waals surface area (Å²) in [6.45, 7) is 9.92. The fraction of sp³-hybridized carbons (Fsp3) is 0.500. The third-order valence-electron chi connectivity index (χ3n) is 6.08. The van der Waals surface area contributed by atoms with Crippen LogP contribution in [0.25, 0.3) is 0 Å². The minimum Gasteiger partial charge on any atom is -0.481 e. The molecule has 174 valence electrons. The Morgan fingerprint density at radius 1 is 1.31 bits per heavy atom. The minimum absolute atomic E-state index is 0.114. The van der Waals surface area contributed by atoms with E-state index in [0.29, 0.717) is 18.1 Å². The van der Waals surface area contributed by atoms with Crippen LogP contribution in [0.4, 0.5) is 0 Å². The molecule has 7 nitrogen and oxygen atoms in total. The normalized spacial score (nSPS) is 23.0. The third kappa shape index (κ3) is 6.07. The lowest BCUT2D eigenvalue weighted by Gasteiger charge is -2.30. The Morgan fingerprint density at radius 2 is 1.97 bits per heavy atom. The highest BCUT2D eigenvalue weighted by molar-refractivity contribution is 8.00. The maximum Gasteiger partial charge on any atom is 0.214 e. The standard InChI is InChI=1S/C23H32N4O2S.CH3N/c1-22(16-28)14-20(24)27(11-12-30-22)15-23(9-10-23)18-7-5-17(6-8-18)19(25-2)13-21(26-3)29-4;1-2/h5-8,13,24,28H,3,9-12,14-16H2,1-2,4H3;2H,1H2/b21-13+,24-20?,25-19?;. The van der Waals surface area contributed by atoms with Crippen LogP contribution in [0.15, 0.2) is 46.2 Å². The summed E-state index contributed by atoms with van der Waals surface area (Å²) in [7, 11) is 3.32. The van der Waals surface area contributed by atoms with Crippen molar-refractivity contribution in [3.05, 3.63) is 47.4 Å². The monoisotopic (exact) mass is 457 g/mol. The Labute approximate surface area is 195 Å². The van der Waals surface area contributed by atoms with E-state index >= 15 is 0 Å². The van der Waals surface area contributed by atoms with Crippen molar-refractivity contribution in [2.45, 2.75) is 36.3 Å². The number of allylic oxidation sites excluding steroid dienone is 1. The lowest BCUT2D eigenvalue weighted by molar-refractivity contribution is 0.257. The van der Waals surface area contributed by atoms with Crippen LogP contribution in [-0.4, -0.2) is 79.3 Å². The van der Waals surface area contributed by atoms with Gasteiger partial charge in [-0.2, -0.15) is 11.8 Å². The summed E-state index contributed by atoms with van der Waals surface area (Å²) in [5, 5.41) is 23.8. The number of aliphatic imine (C=N–C) groups is 2. The van der Waals surface area contributed by atoms with Gasteiger partial charge in [0.2, 0.25) is 5.88 Å². The van der Waals surface area contributed by atoms with Gasteiger partial charge in [-0.25, -0.2) is 4.99 Å². The number of ether oxygens (including phenoxy) is 1. The first-order valence-corrected chi connectivity index (χ1v) is 11.6. The van der Waals surface area contributed by atoms with Gasteiger partial charge in [0.1, 0.15) is 0 Å². The minimum atomic E-state index is -0.241. The van der Waals surface area contributed by atoms with Gasteiger partial charge in [0.15, 0.2) is 0 Å². The molecule has 1 aromatic rings. The molecule has 0 bridgehead atoms. The SMILES string of the molecule is C=N.C=N/C(=C\C(=NC)c1ccc(C2(CN3CCSC(C)(CO)CC3=N)CC2)cc1)OC. The Hall–Kier alpha value is -2.45. The maximum absolute atomic E-state index is 9.71. The van der Waals surface area contributed by atoms with Gasteiger partial charge in [-0.3, -0.25) is 10.4 Å². The molecule has 1 atom stereocenters. The summed E-state index contributed by atoms with van der Waals surface area (Å²) in [4.78, 5) is 10.4. The highest BCUT2D eigenvalue weighted by Gasteiger charge is 2.46. The molecular weight excluding hydrogens is 422 g/mol. The molecule has 0 aromatic heterocycles. The summed E-state index contributed by atoms with van der Waals surface area (Å²) in [6.07, 6.45) is 4.68. The topological polar surface area (TPSA) is 105 Å². The number of amidine groups is 1. The van der Waals surface area contributed by atoms with Crippen LogP contribution in [0.5, 0.6) is 0 Å². The molecule has 1 aliphatic carbocycles. The molecule has 2 fully saturated rings. The number of benzene rings is 1. The van der Waals surface area contributed by atoms with E-state index in [4.69, 9.17) is 15.6 Å². The van der Waals surface area contributed by atoms with Crippen LogP contribution < -0.4 is 0 Å². The second-order valence-electron chi connectivity index (χ2n) is 8.31. The molecule has 0 radical (unpaired) electrons. The van der Waals surface area contributed by atoms with Gasteiger partial charge in [-0.1, -0.05) is 24.3 Å². The average molecular weight is 458 g/mol. The van der Waals surface area contributed by atoms with E-state index in [2.05, 4.69) is 59.5 Å². The number of hydrogen-bond acceptors (Lipinski definition) is 7. The van der Waals surface area contributed by atoms with Crippen LogP contribution in [0.2, 0.25) is 0 Å². The first-order chi connectivity index (χ1) is 15.4. The molecule has 3 N–H and O–H groups in total. The van der Waals surface area contributed by atoms with Gasteiger partial charge in [0.05, 0.1) is 25.3 Å². The number of hydrogen-bond donors (Lipinski definition) is 3. The predicted molar refractivity (Wildman–Crippen MR) is 136 cm³/mol. The smallest absolute Gasteiger partial charge is 0.214 e. The van der Waals surface area contributed by atoms with Crippen molar-refractivity contribution in [1.82, 2.24) is 4.90 Å². The highest BCUT2D eigenvalue weighted by Crippen LogP contribution is 2.49. The summed E-state index contributed by atoms with van der Waals surface area (Å²) >= 11 is 1.78. The van der Waals surface area contributed by atoms with E-state index in [-0.39, 0.29) is 16.8 Å². The lowest BCUT2D eigenvalue weighted by Crippen LogP contribution is -2.39. The first kappa shape index (κ1) is 25.8. The van der Waals surface area contributed by atoms with Crippen molar-refractivity contribution < 1.29 is 9.84 Å². The van der Waals surface area contributed by atoms with Gasteiger partial charge in [-0.05, 0) is 44.3 Å². The Balaban J connectivity index is 0.00000176. The molecule has 1 unspecified atom stereocenters. The molecule has 1 saturated heterocycles. The Morgan fingerprint density at radius 3 is 2.47 bits per heavy atom. The number of aliphatic hydroxyl groups excluding tert-OH is 1. The second-order valence-corrected chi connectivity index (χ2v) is 10.00. The number of rotatable bonds is 8. The molecule has 1 heterocycles. The lowest BCUT2D eigenvalue weighted by atomic mass is 9.93. The van der Waals surface area contributed by atoms with Crippen molar-refractivity contribution in [2.24, 2.45) is 9.98 Å². The number of nitrogens with one attached hydrogen (secondary N) is 2. The zero-order valence-corrected chi connectivity index (χ0v) is 20.2. The van der Waals surface area contributed by atoms with Crippen LogP contribution in [0, 0.1) is 10.8 Å². The molecule has 1 aromatic carbocycles. The highest BCUT2D eigenvalue weighted by atomic mass is 32.2. The van der Waals surface area contributed by atoms with E-state index in [0.717, 1.165) is 43.0 Å². The summed E-state index contributed by atoms with van der Waals surface area (Å²) in [5.41, 5.74) is 3.24. The van der Waals surface area contributed by atoms with E-state index in [9.17, 15) is 5.11 Å². The number of aliphatic hydroxyl groups is 1. The van der Waals surface area contributed by atoms with Crippen molar-refractivity contribution >= 4 is 36.7 Å². The van der Waals surface area contributed by atoms with Gasteiger partial charge in [0.25, 0.3) is 0 Å². The van der Waals surface area contributed by atoms with Crippen molar-refractivity contribution in [3.63, 3.8) is 0 Å². The first-order valence-electron chi connectivity index (χ1n) is 10.6. The van der Waals surface area contributed by atoms with Crippen molar-refractivity contribution in [2.75, 3.05) is 39.6 Å². The third-order valence-corrected chi connectivity index (χ3v) is 7.43. The largest absolute Gasteiger partial charge is 0.481 e. The van der Waals surface area contributed by atoms with E-state index in [1.807, 2.05) is 0 Å². The van der Waals surface area contributed by atoms with Crippen LogP contribution in [0.1, 0.15) is 37.3 Å². The van der Waals surface area contributed by atoms with Gasteiger partial charge < -0.3 is 20.2 Å². The summed E-state index contributed by atoms with van der Waals surface area (Å²) < 4.78 is 4.94. The fourth-order valence-corrected chi connectivity index (χ4v) is 5.08. The van der Waals surface area contributed by atoms with Gasteiger partial charge in [-0.15, -0.1) is 0 Å². The maximum atomic E-state index is 9.71. The van der Waals surface area contributed by atoms with E-state index < -0.39 is 0 Å². The van der Waals surface area contributed by atoms with Crippen molar-refractivity contribution in [1.29, 1.82) is 10.8 Å². The zero-order valence-electron chi connectivity index (χ0n) is 19.4. The van der Waals surface area contributed by atoms with Gasteiger partial charge in [0, 0.05) is 48.5 Å². The van der Waals surface area contributed by atoms with Crippen LogP contribution in [-0.2, 0) is 10.2 Å². The molecule has 32 heavy (non-hydrogen) atoms. The quantitative estimate of drug-likeness (QED) is 0.408. The number of thioether (sulfide) groups is 1. The molecule has 1 saturated carbocycles. The fourth-order valence-electron chi connectivity index (χ4n) is 3.94. The van der Waals surface area contributed by atoms with Crippen molar-refractivity contribution in [3.8, 4) is 0 Å². The summed E-state index contributed by atoms with van der Waals surface area (Å²) in [5.74, 6) is 2.02. The van der Waals surface area contributed by atoms with Crippen LogP contribution in [0.3, 0.4) is 0 Å². The van der Waals surface area contributed by atoms with Gasteiger partial charge >= 0.3 is 0 Å². The average Bonchev–Trinajstić information content (AvgIpc) is 3.62. The molecule has 0 amide bonds. The zero-order chi connectivity index (χ0) is 23.8. The molecule has 8 heteroatoms. The molecule has 1 aliphatic heterocycles. The molecule has 0 spiro atoms. The molecular formula is C24H35N5O2S. The molecule has 3 rings (SSSR count). The number of nitrogens with zero attached hydrogens (tertiary/aromatic N) is 3.